The van der Waals surface area contributed by atoms with Crippen molar-refractivity contribution in [1.29, 1.82) is 0 Å². The van der Waals surface area contributed by atoms with Gasteiger partial charge in [0, 0.05) is 19.2 Å². The highest BCUT2D eigenvalue weighted by molar-refractivity contribution is 6.34. The van der Waals surface area contributed by atoms with Gasteiger partial charge in [-0.1, -0.05) is 17.7 Å². The summed E-state index contributed by atoms with van der Waals surface area (Å²) >= 11 is 6.33. The van der Waals surface area contributed by atoms with Crippen molar-refractivity contribution >= 4 is 35.0 Å². The number of nitrogens with zero attached hydrogens (tertiary/aromatic N) is 1. The number of benzene rings is 1. The highest BCUT2D eigenvalue weighted by Gasteiger charge is 2.19. The average molecular weight is 317 g/mol. The normalized spacial score (nSPS) is 14.7. The molecule has 4 nitrogen and oxygen atoms in total. The number of furan rings is 1. The van der Waals surface area contributed by atoms with Gasteiger partial charge in [0.15, 0.2) is 0 Å². The second-order valence-electron chi connectivity index (χ2n) is 5.17. The Morgan fingerprint density at radius 1 is 1.23 bits per heavy atom. The summed E-state index contributed by atoms with van der Waals surface area (Å²) in [7, 11) is 0. The van der Waals surface area contributed by atoms with E-state index in [0.717, 1.165) is 37.3 Å². The molecule has 0 bridgehead atoms. The van der Waals surface area contributed by atoms with Gasteiger partial charge in [0.25, 0.3) is 0 Å². The summed E-state index contributed by atoms with van der Waals surface area (Å²) in [6, 6.07) is 9.13. The third-order valence-corrected chi connectivity index (χ3v) is 3.91. The van der Waals surface area contributed by atoms with Gasteiger partial charge in [-0.25, -0.2) is 0 Å². The van der Waals surface area contributed by atoms with Crippen LogP contribution in [0, 0.1) is 0 Å². The molecule has 1 aliphatic heterocycles. The minimum atomic E-state index is -0.209. The minimum absolute atomic E-state index is 0.209. The van der Waals surface area contributed by atoms with E-state index < -0.39 is 0 Å². The lowest BCUT2D eigenvalue weighted by Gasteiger charge is -2.22. The molecule has 2 aromatic rings. The Morgan fingerprint density at radius 3 is 2.77 bits per heavy atom. The molecular weight excluding hydrogens is 300 g/mol. The topological polar surface area (TPSA) is 45.5 Å². The van der Waals surface area contributed by atoms with E-state index in [0.29, 0.717) is 10.8 Å². The predicted octanol–water partition coefficient (Wildman–Crippen LogP) is 4.19. The number of carbonyl (C=O) groups excluding carboxylic acids is 1. The molecule has 1 N–H and O–H groups in total. The first-order chi connectivity index (χ1) is 10.7. The number of amides is 1. The van der Waals surface area contributed by atoms with Gasteiger partial charge in [-0.3, -0.25) is 4.79 Å². The van der Waals surface area contributed by atoms with Gasteiger partial charge in [0.1, 0.15) is 5.76 Å². The van der Waals surface area contributed by atoms with E-state index in [2.05, 4.69) is 10.2 Å². The maximum absolute atomic E-state index is 12.1. The minimum Gasteiger partial charge on any atom is -0.465 e. The molecule has 0 aliphatic carbocycles. The third-order valence-electron chi connectivity index (χ3n) is 3.61. The summed E-state index contributed by atoms with van der Waals surface area (Å²) in [6.45, 7) is 1.93. The van der Waals surface area contributed by atoms with E-state index in [4.69, 9.17) is 16.0 Å². The highest BCUT2D eigenvalue weighted by Crippen LogP contribution is 2.35. The van der Waals surface area contributed by atoms with Crippen molar-refractivity contribution in [3.8, 4) is 0 Å². The fraction of sp³-hybridized carbons (Fsp3) is 0.235. The van der Waals surface area contributed by atoms with Crippen LogP contribution in [-0.4, -0.2) is 19.0 Å². The molecule has 1 saturated heterocycles. The molecular formula is C17H17ClN2O2. The zero-order valence-electron chi connectivity index (χ0n) is 12.1. The molecule has 3 rings (SSSR count). The summed E-state index contributed by atoms with van der Waals surface area (Å²) < 4.78 is 5.16. The Morgan fingerprint density at radius 2 is 2.05 bits per heavy atom. The van der Waals surface area contributed by atoms with Crippen LogP contribution in [0.15, 0.2) is 47.1 Å². The Bertz CT molecular complexity index is 674. The van der Waals surface area contributed by atoms with Gasteiger partial charge in [0.2, 0.25) is 5.91 Å². The van der Waals surface area contributed by atoms with Gasteiger partial charge in [0.05, 0.1) is 22.7 Å². The quantitative estimate of drug-likeness (QED) is 0.860. The molecule has 0 radical (unpaired) electrons. The Labute approximate surface area is 134 Å². The molecule has 1 aromatic carbocycles. The van der Waals surface area contributed by atoms with Crippen molar-refractivity contribution in [3.05, 3.63) is 53.5 Å². The maximum Gasteiger partial charge on any atom is 0.248 e. The molecule has 1 fully saturated rings. The fourth-order valence-corrected chi connectivity index (χ4v) is 2.89. The number of rotatable bonds is 4. The van der Waals surface area contributed by atoms with Crippen LogP contribution in [0.5, 0.6) is 0 Å². The van der Waals surface area contributed by atoms with Crippen molar-refractivity contribution in [3.63, 3.8) is 0 Å². The van der Waals surface area contributed by atoms with Gasteiger partial charge >= 0.3 is 0 Å². The van der Waals surface area contributed by atoms with Crippen LogP contribution in [0.2, 0.25) is 5.02 Å². The monoisotopic (exact) mass is 316 g/mol. The molecule has 0 atom stereocenters. The Kier molecular flexibility index (Phi) is 4.49. The van der Waals surface area contributed by atoms with E-state index >= 15 is 0 Å². The second kappa shape index (κ2) is 6.71. The SMILES string of the molecule is O=C(/C=C/c1ccco1)Nc1cccc(Cl)c1N1CCCC1. The molecule has 0 unspecified atom stereocenters. The van der Waals surface area contributed by atoms with E-state index in [1.807, 2.05) is 18.2 Å². The number of nitrogens with one attached hydrogen (secondary N) is 1. The molecule has 1 aliphatic rings. The molecule has 2 heterocycles. The van der Waals surface area contributed by atoms with E-state index in [1.165, 1.54) is 6.08 Å². The fourth-order valence-electron chi connectivity index (χ4n) is 2.60. The molecule has 5 heteroatoms. The number of hydrogen-bond acceptors (Lipinski definition) is 3. The Balaban J connectivity index is 1.77. The number of anilines is 2. The van der Waals surface area contributed by atoms with Crippen molar-refractivity contribution in [2.75, 3.05) is 23.3 Å². The van der Waals surface area contributed by atoms with Crippen LogP contribution in [0.25, 0.3) is 6.08 Å². The van der Waals surface area contributed by atoms with Gasteiger partial charge in [-0.05, 0) is 43.2 Å². The smallest absolute Gasteiger partial charge is 0.248 e. The molecule has 22 heavy (non-hydrogen) atoms. The van der Waals surface area contributed by atoms with Crippen LogP contribution in [0.3, 0.4) is 0 Å². The lowest BCUT2D eigenvalue weighted by Crippen LogP contribution is -2.21. The summed E-state index contributed by atoms with van der Waals surface area (Å²) in [5, 5.41) is 3.56. The summed E-state index contributed by atoms with van der Waals surface area (Å²) in [6.07, 6.45) is 6.96. The number of hydrogen-bond donors (Lipinski definition) is 1. The van der Waals surface area contributed by atoms with Crippen LogP contribution in [0.4, 0.5) is 11.4 Å². The predicted molar refractivity (Wildman–Crippen MR) is 89.3 cm³/mol. The van der Waals surface area contributed by atoms with Crippen LogP contribution >= 0.6 is 11.6 Å². The van der Waals surface area contributed by atoms with Crippen LogP contribution in [0.1, 0.15) is 18.6 Å². The summed E-state index contributed by atoms with van der Waals surface area (Å²) in [5.74, 6) is 0.431. The van der Waals surface area contributed by atoms with Gasteiger partial charge in [-0.15, -0.1) is 0 Å². The largest absolute Gasteiger partial charge is 0.465 e. The molecule has 0 spiro atoms. The van der Waals surface area contributed by atoms with Crippen LogP contribution < -0.4 is 10.2 Å². The maximum atomic E-state index is 12.1. The molecule has 1 aromatic heterocycles. The number of carbonyl (C=O) groups is 1. The highest BCUT2D eigenvalue weighted by atomic mass is 35.5. The van der Waals surface area contributed by atoms with Crippen molar-refractivity contribution < 1.29 is 9.21 Å². The van der Waals surface area contributed by atoms with Gasteiger partial charge in [-0.2, -0.15) is 0 Å². The summed E-state index contributed by atoms with van der Waals surface area (Å²) in [5.41, 5.74) is 1.64. The lowest BCUT2D eigenvalue weighted by atomic mass is 10.2. The van der Waals surface area contributed by atoms with E-state index in [1.54, 1.807) is 24.5 Å². The Hall–Kier alpha value is -2.20. The van der Waals surface area contributed by atoms with Crippen molar-refractivity contribution in [2.24, 2.45) is 0 Å². The first-order valence-electron chi connectivity index (χ1n) is 7.30. The second-order valence-corrected chi connectivity index (χ2v) is 5.58. The van der Waals surface area contributed by atoms with Crippen molar-refractivity contribution in [2.45, 2.75) is 12.8 Å². The molecule has 114 valence electrons. The van der Waals surface area contributed by atoms with Gasteiger partial charge < -0.3 is 14.6 Å². The zero-order valence-corrected chi connectivity index (χ0v) is 12.8. The molecule has 1 amide bonds. The summed E-state index contributed by atoms with van der Waals surface area (Å²) in [4.78, 5) is 14.3. The third kappa shape index (κ3) is 3.34. The number of halogens is 1. The van der Waals surface area contributed by atoms with Crippen molar-refractivity contribution in [1.82, 2.24) is 0 Å². The van der Waals surface area contributed by atoms with Crippen LogP contribution in [-0.2, 0) is 4.79 Å². The lowest BCUT2D eigenvalue weighted by molar-refractivity contribution is -0.111. The first kappa shape index (κ1) is 14.7. The van der Waals surface area contributed by atoms with E-state index in [-0.39, 0.29) is 5.91 Å². The molecule has 0 saturated carbocycles. The van der Waals surface area contributed by atoms with E-state index in [9.17, 15) is 4.79 Å². The average Bonchev–Trinajstić information content (AvgIpc) is 3.19. The first-order valence-corrected chi connectivity index (χ1v) is 7.68. The zero-order chi connectivity index (χ0) is 15.4. The number of para-hydroxylation sites is 1. The standard InChI is InChI=1S/C17H17ClN2O2/c18-14-6-3-7-15(17(14)20-10-1-2-11-20)19-16(21)9-8-13-5-4-12-22-13/h3-9,12H,1-2,10-11H2,(H,19,21)/b9-8+.